The van der Waals surface area contributed by atoms with Gasteiger partial charge in [-0.25, -0.2) is 4.79 Å². The molecule has 0 heterocycles. The summed E-state index contributed by atoms with van der Waals surface area (Å²) in [6.45, 7) is 5.29. The SMILES string of the molecule is Cc1ccc(Cl)cc1NC(=O)COC(=O)COc1ccccc1C(C)C. The zero-order valence-electron chi connectivity index (χ0n) is 15.0. The summed E-state index contributed by atoms with van der Waals surface area (Å²) in [5, 5.41) is 3.18. The molecule has 0 unspecified atom stereocenters. The van der Waals surface area contributed by atoms with Gasteiger partial charge in [-0.05, 0) is 42.2 Å². The molecule has 0 saturated heterocycles. The smallest absolute Gasteiger partial charge is 0.344 e. The van der Waals surface area contributed by atoms with Crippen molar-refractivity contribution >= 4 is 29.2 Å². The molecule has 0 bridgehead atoms. The predicted molar refractivity (Wildman–Crippen MR) is 102 cm³/mol. The summed E-state index contributed by atoms with van der Waals surface area (Å²) in [6, 6.07) is 12.7. The molecule has 0 aromatic heterocycles. The van der Waals surface area contributed by atoms with Crippen molar-refractivity contribution in [1.82, 2.24) is 0 Å². The first kappa shape index (κ1) is 19.8. The van der Waals surface area contributed by atoms with Crippen molar-refractivity contribution in [3.05, 3.63) is 58.6 Å². The van der Waals surface area contributed by atoms with E-state index in [-0.39, 0.29) is 19.1 Å². The third-order valence-electron chi connectivity index (χ3n) is 3.72. The predicted octanol–water partition coefficient (Wildman–Crippen LogP) is 4.33. The molecule has 0 saturated carbocycles. The van der Waals surface area contributed by atoms with Gasteiger partial charge in [0, 0.05) is 10.7 Å². The molecule has 0 aliphatic rings. The number of aryl methyl sites for hydroxylation is 1. The Morgan fingerprint density at radius 2 is 1.85 bits per heavy atom. The largest absolute Gasteiger partial charge is 0.482 e. The fourth-order valence-corrected chi connectivity index (χ4v) is 2.50. The number of amides is 1. The molecule has 0 atom stereocenters. The quantitative estimate of drug-likeness (QED) is 0.731. The molecular weight excluding hydrogens is 354 g/mol. The molecule has 138 valence electrons. The second-order valence-corrected chi connectivity index (χ2v) is 6.59. The van der Waals surface area contributed by atoms with Gasteiger partial charge >= 0.3 is 5.97 Å². The first-order valence-electron chi connectivity index (χ1n) is 8.30. The van der Waals surface area contributed by atoms with Crippen molar-refractivity contribution in [3.8, 4) is 5.75 Å². The number of para-hydroxylation sites is 1. The van der Waals surface area contributed by atoms with Crippen LogP contribution in [0.25, 0.3) is 0 Å². The standard InChI is InChI=1S/C20H22ClNO4/c1-13(2)16-6-4-5-7-18(16)25-12-20(24)26-11-19(23)22-17-10-15(21)9-8-14(17)3/h4-10,13H,11-12H2,1-3H3,(H,22,23). The van der Waals surface area contributed by atoms with Crippen LogP contribution in [0.3, 0.4) is 0 Å². The highest BCUT2D eigenvalue weighted by Gasteiger charge is 2.12. The van der Waals surface area contributed by atoms with Gasteiger partial charge in [-0.2, -0.15) is 0 Å². The zero-order chi connectivity index (χ0) is 19.1. The van der Waals surface area contributed by atoms with E-state index >= 15 is 0 Å². The maximum Gasteiger partial charge on any atom is 0.344 e. The van der Waals surface area contributed by atoms with Crippen molar-refractivity contribution < 1.29 is 19.1 Å². The number of ether oxygens (including phenoxy) is 2. The highest BCUT2D eigenvalue weighted by Crippen LogP contribution is 2.25. The van der Waals surface area contributed by atoms with Crippen LogP contribution < -0.4 is 10.1 Å². The normalized spacial score (nSPS) is 10.5. The Hall–Kier alpha value is -2.53. The highest BCUT2D eigenvalue weighted by atomic mass is 35.5. The number of benzene rings is 2. The van der Waals surface area contributed by atoms with Crippen LogP contribution in [0.4, 0.5) is 5.69 Å². The lowest BCUT2D eigenvalue weighted by Gasteiger charge is -2.13. The summed E-state index contributed by atoms with van der Waals surface area (Å²) in [5.41, 5.74) is 2.46. The van der Waals surface area contributed by atoms with Gasteiger partial charge in [-0.1, -0.05) is 49.7 Å². The maximum atomic E-state index is 11.9. The summed E-state index contributed by atoms with van der Waals surface area (Å²) >= 11 is 5.91. The van der Waals surface area contributed by atoms with E-state index in [0.29, 0.717) is 16.5 Å². The number of nitrogens with one attached hydrogen (secondary N) is 1. The van der Waals surface area contributed by atoms with Crippen molar-refractivity contribution in [1.29, 1.82) is 0 Å². The topological polar surface area (TPSA) is 64.6 Å². The summed E-state index contributed by atoms with van der Waals surface area (Å²) in [7, 11) is 0. The molecule has 0 spiro atoms. The Kier molecular flexibility index (Phi) is 7.04. The Morgan fingerprint density at radius 1 is 1.12 bits per heavy atom. The molecule has 2 aromatic rings. The fraction of sp³-hybridized carbons (Fsp3) is 0.300. The number of halogens is 1. The lowest BCUT2D eigenvalue weighted by Crippen LogP contribution is -2.24. The van der Waals surface area contributed by atoms with Crippen LogP contribution in [0.15, 0.2) is 42.5 Å². The lowest BCUT2D eigenvalue weighted by molar-refractivity contribution is -0.149. The Labute approximate surface area is 158 Å². The van der Waals surface area contributed by atoms with Gasteiger partial charge in [0.25, 0.3) is 5.91 Å². The van der Waals surface area contributed by atoms with Crippen LogP contribution in [0.2, 0.25) is 5.02 Å². The third-order valence-corrected chi connectivity index (χ3v) is 3.96. The number of hydrogen-bond acceptors (Lipinski definition) is 4. The Balaban J connectivity index is 1.82. The first-order valence-corrected chi connectivity index (χ1v) is 8.68. The number of carbonyl (C=O) groups excluding carboxylic acids is 2. The number of anilines is 1. The summed E-state index contributed by atoms with van der Waals surface area (Å²) in [4.78, 5) is 23.8. The van der Waals surface area contributed by atoms with Crippen LogP contribution in [0, 0.1) is 6.92 Å². The number of hydrogen-bond donors (Lipinski definition) is 1. The fourth-order valence-electron chi connectivity index (χ4n) is 2.33. The molecule has 1 N–H and O–H groups in total. The lowest BCUT2D eigenvalue weighted by atomic mass is 10.0. The van der Waals surface area contributed by atoms with Crippen LogP contribution in [0.1, 0.15) is 30.9 Å². The second kappa shape index (κ2) is 9.25. The highest BCUT2D eigenvalue weighted by molar-refractivity contribution is 6.31. The molecule has 26 heavy (non-hydrogen) atoms. The van der Waals surface area contributed by atoms with E-state index < -0.39 is 11.9 Å². The van der Waals surface area contributed by atoms with Gasteiger partial charge in [-0.3, -0.25) is 4.79 Å². The van der Waals surface area contributed by atoms with Gasteiger partial charge in [0.2, 0.25) is 0 Å². The van der Waals surface area contributed by atoms with Gasteiger partial charge in [-0.15, -0.1) is 0 Å². The molecule has 6 heteroatoms. The van der Waals surface area contributed by atoms with Crippen molar-refractivity contribution in [3.63, 3.8) is 0 Å². The molecule has 2 rings (SSSR count). The monoisotopic (exact) mass is 375 g/mol. The number of carbonyl (C=O) groups is 2. The van der Waals surface area contributed by atoms with Crippen LogP contribution in [0.5, 0.6) is 5.75 Å². The van der Waals surface area contributed by atoms with Crippen LogP contribution in [-0.4, -0.2) is 25.1 Å². The summed E-state index contributed by atoms with van der Waals surface area (Å²) < 4.78 is 10.5. The molecule has 0 radical (unpaired) electrons. The van der Waals surface area contributed by atoms with E-state index in [1.165, 1.54) is 0 Å². The Bertz CT molecular complexity index is 789. The average molecular weight is 376 g/mol. The first-order chi connectivity index (χ1) is 12.4. The van der Waals surface area contributed by atoms with Gasteiger partial charge in [0.1, 0.15) is 5.75 Å². The molecule has 0 aliphatic heterocycles. The van der Waals surface area contributed by atoms with E-state index in [1.807, 2.05) is 39.0 Å². The third kappa shape index (κ3) is 5.77. The van der Waals surface area contributed by atoms with Crippen LogP contribution >= 0.6 is 11.6 Å². The van der Waals surface area contributed by atoms with E-state index in [9.17, 15) is 9.59 Å². The van der Waals surface area contributed by atoms with Crippen molar-refractivity contribution in [2.75, 3.05) is 18.5 Å². The summed E-state index contributed by atoms with van der Waals surface area (Å²) in [5.74, 6) is -0.139. The van der Waals surface area contributed by atoms with E-state index in [0.717, 1.165) is 11.1 Å². The molecule has 2 aromatic carbocycles. The number of rotatable bonds is 7. The maximum absolute atomic E-state index is 11.9. The molecular formula is C20H22ClNO4. The van der Waals surface area contributed by atoms with E-state index in [1.54, 1.807) is 24.3 Å². The molecule has 0 aliphatic carbocycles. The van der Waals surface area contributed by atoms with Gasteiger partial charge in [0.05, 0.1) is 0 Å². The molecule has 1 amide bonds. The minimum absolute atomic E-state index is 0.257. The minimum Gasteiger partial charge on any atom is -0.482 e. The average Bonchev–Trinajstić information content (AvgIpc) is 2.61. The number of esters is 1. The molecule has 0 fully saturated rings. The Morgan fingerprint density at radius 3 is 2.58 bits per heavy atom. The van der Waals surface area contributed by atoms with E-state index in [2.05, 4.69) is 5.32 Å². The van der Waals surface area contributed by atoms with Gasteiger partial charge in [0.15, 0.2) is 13.2 Å². The molecule has 5 nitrogen and oxygen atoms in total. The van der Waals surface area contributed by atoms with E-state index in [4.69, 9.17) is 21.1 Å². The van der Waals surface area contributed by atoms with Crippen molar-refractivity contribution in [2.24, 2.45) is 0 Å². The summed E-state index contributed by atoms with van der Waals surface area (Å²) in [6.07, 6.45) is 0. The second-order valence-electron chi connectivity index (χ2n) is 6.15. The zero-order valence-corrected chi connectivity index (χ0v) is 15.8. The van der Waals surface area contributed by atoms with Crippen LogP contribution in [-0.2, 0) is 14.3 Å². The van der Waals surface area contributed by atoms with Gasteiger partial charge < -0.3 is 14.8 Å². The van der Waals surface area contributed by atoms with Crippen molar-refractivity contribution in [2.45, 2.75) is 26.7 Å². The minimum atomic E-state index is -0.610.